The van der Waals surface area contributed by atoms with Gasteiger partial charge in [0.25, 0.3) is 0 Å². The Kier molecular flexibility index (Phi) is 14.4. The second-order valence-electron chi connectivity index (χ2n) is 5.35. The van der Waals surface area contributed by atoms with Crippen molar-refractivity contribution in [3.63, 3.8) is 0 Å². The monoisotopic (exact) mass is 254 g/mol. The van der Waals surface area contributed by atoms with E-state index in [1.165, 1.54) is 70.6 Å². The standard InChI is InChI=1S/C16H34N2/c1-3-5-7-9-11-13-15-16(18-17)14-12-10-8-6-4-2/h4,16,18H,2-3,5-15,17H2,1H3. The van der Waals surface area contributed by atoms with Crippen molar-refractivity contribution in [2.75, 3.05) is 0 Å². The van der Waals surface area contributed by atoms with E-state index in [1.54, 1.807) is 0 Å². The zero-order valence-corrected chi connectivity index (χ0v) is 12.4. The second-order valence-corrected chi connectivity index (χ2v) is 5.35. The molecular formula is C16H34N2. The minimum absolute atomic E-state index is 0.528. The molecule has 2 nitrogen and oxygen atoms in total. The van der Waals surface area contributed by atoms with Gasteiger partial charge in [-0.3, -0.25) is 11.3 Å². The maximum Gasteiger partial charge on any atom is 0.0210 e. The van der Waals surface area contributed by atoms with Crippen LogP contribution in [0.25, 0.3) is 0 Å². The fourth-order valence-corrected chi connectivity index (χ4v) is 2.34. The van der Waals surface area contributed by atoms with Crippen LogP contribution in [0.5, 0.6) is 0 Å². The number of nitrogens with one attached hydrogen (secondary N) is 1. The van der Waals surface area contributed by atoms with E-state index in [1.807, 2.05) is 6.08 Å². The molecule has 0 aliphatic carbocycles. The third-order valence-electron chi connectivity index (χ3n) is 3.60. The Labute approximate surface area is 114 Å². The van der Waals surface area contributed by atoms with Gasteiger partial charge in [-0.1, -0.05) is 64.4 Å². The molecule has 0 aliphatic heterocycles. The van der Waals surface area contributed by atoms with Crippen molar-refractivity contribution in [3.05, 3.63) is 12.7 Å². The summed E-state index contributed by atoms with van der Waals surface area (Å²) in [4.78, 5) is 0. The second kappa shape index (κ2) is 14.7. The Bertz CT molecular complexity index is 168. The summed E-state index contributed by atoms with van der Waals surface area (Å²) in [6, 6.07) is 0.528. The molecule has 18 heavy (non-hydrogen) atoms. The lowest BCUT2D eigenvalue weighted by Crippen LogP contribution is -2.34. The first-order valence-electron chi connectivity index (χ1n) is 7.92. The summed E-state index contributed by atoms with van der Waals surface area (Å²) in [6.45, 7) is 6.01. The van der Waals surface area contributed by atoms with Crippen molar-refractivity contribution in [1.29, 1.82) is 0 Å². The minimum Gasteiger partial charge on any atom is -0.271 e. The van der Waals surface area contributed by atoms with Crippen molar-refractivity contribution in [1.82, 2.24) is 5.43 Å². The minimum atomic E-state index is 0.528. The zero-order chi connectivity index (χ0) is 13.5. The van der Waals surface area contributed by atoms with Crippen LogP contribution in [0, 0.1) is 0 Å². The third-order valence-corrected chi connectivity index (χ3v) is 3.60. The molecule has 0 aromatic rings. The van der Waals surface area contributed by atoms with Crippen molar-refractivity contribution >= 4 is 0 Å². The molecule has 2 heteroatoms. The molecule has 0 radical (unpaired) electrons. The van der Waals surface area contributed by atoms with Crippen LogP contribution in [-0.2, 0) is 0 Å². The summed E-state index contributed by atoms with van der Waals surface area (Å²) in [6.07, 6.45) is 17.7. The Morgan fingerprint density at radius 3 is 2.06 bits per heavy atom. The van der Waals surface area contributed by atoms with Gasteiger partial charge in [-0.05, 0) is 25.7 Å². The highest BCUT2D eigenvalue weighted by Gasteiger charge is 2.05. The summed E-state index contributed by atoms with van der Waals surface area (Å²) < 4.78 is 0. The van der Waals surface area contributed by atoms with Crippen LogP contribution < -0.4 is 11.3 Å². The van der Waals surface area contributed by atoms with Gasteiger partial charge < -0.3 is 0 Å². The van der Waals surface area contributed by atoms with Gasteiger partial charge in [-0.25, -0.2) is 0 Å². The van der Waals surface area contributed by atoms with Crippen molar-refractivity contribution < 1.29 is 0 Å². The lowest BCUT2D eigenvalue weighted by atomic mass is 10.0. The third kappa shape index (κ3) is 12.1. The SMILES string of the molecule is C=CCCCCCC(CCCCCCCC)NN. The van der Waals surface area contributed by atoms with Crippen LogP contribution >= 0.6 is 0 Å². The zero-order valence-electron chi connectivity index (χ0n) is 12.4. The highest BCUT2D eigenvalue weighted by atomic mass is 15.2. The van der Waals surface area contributed by atoms with E-state index in [0.29, 0.717) is 6.04 Å². The largest absolute Gasteiger partial charge is 0.271 e. The molecule has 0 aromatic carbocycles. The fourth-order valence-electron chi connectivity index (χ4n) is 2.34. The molecule has 0 saturated carbocycles. The van der Waals surface area contributed by atoms with Gasteiger partial charge in [-0.2, -0.15) is 0 Å². The molecule has 0 rings (SSSR count). The molecule has 0 amide bonds. The summed E-state index contributed by atoms with van der Waals surface area (Å²) >= 11 is 0. The number of hydrogen-bond donors (Lipinski definition) is 2. The van der Waals surface area contributed by atoms with Gasteiger partial charge in [0.2, 0.25) is 0 Å². The van der Waals surface area contributed by atoms with E-state index in [4.69, 9.17) is 5.84 Å². The average molecular weight is 254 g/mol. The first-order chi connectivity index (χ1) is 8.85. The van der Waals surface area contributed by atoms with Crippen LogP contribution in [0.1, 0.15) is 84.0 Å². The van der Waals surface area contributed by atoms with E-state index < -0.39 is 0 Å². The molecule has 3 N–H and O–H groups in total. The molecule has 1 unspecified atom stereocenters. The predicted octanol–water partition coefficient (Wildman–Crippen LogP) is 4.71. The summed E-state index contributed by atoms with van der Waals surface area (Å²) in [7, 11) is 0. The van der Waals surface area contributed by atoms with E-state index >= 15 is 0 Å². The quantitative estimate of drug-likeness (QED) is 0.204. The summed E-state index contributed by atoms with van der Waals surface area (Å²) in [5.41, 5.74) is 2.97. The molecule has 0 aromatic heterocycles. The molecule has 0 bridgehead atoms. The number of unbranched alkanes of at least 4 members (excludes halogenated alkanes) is 8. The van der Waals surface area contributed by atoms with Gasteiger partial charge in [0.1, 0.15) is 0 Å². The smallest absolute Gasteiger partial charge is 0.0210 e. The summed E-state index contributed by atoms with van der Waals surface area (Å²) in [5, 5.41) is 0. The Morgan fingerprint density at radius 2 is 1.50 bits per heavy atom. The summed E-state index contributed by atoms with van der Waals surface area (Å²) in [5.74, 6) is 5.61. The molecule has 0 fully saturated rings. The normalized spacial score (nSPS) is 12.6. The molecular weight excluding hydrogens is 220 g/mol. The molecule has 0 aliphatic rings. The molecule has 0 spiro atoms. The molecule has 1 atom stereocenters. The lowest BCUT2D eigenvalue weighted by Gasteiger charge is -2.15. The van der Waals surface area contributed by atoms with Crippen LogP contribution in [0.15, 0.2) is 12.7 Å². The van der Waals surface area contributed by atoms with Gasteiger partial charge in [0, 0.05) is 6.04 Å². The van der Waals surface area contributed by atoms with Crippen molar-refractivity contribution in [3.8, 4) is 0 Å². The van der Waals surface area contributed by atoms with Gasteiger partial charge in [-0.15, -0.1) is 6.58 Å². The first kappa shape index (κ1) is 17.7. The van der Waals surface area contributed by atoms with E-state index in [0.717, 1.165) is 6.42 Å². The van der Waals surface area contributed by atoms with Gasteiger partial charge in [0.05, 0.1) is 0 Å². The van der Waals surface area contributed by atoms with Gasteiger partial charge in [0.15, 0.2) is 0 Å². The van der Waals surface area contributed by atoms with Crippen molar-refractivity contribution in [2.45, 2.75) is 90.0 Å². The lowest BCUT2D eigenvalue weighted by molar-refractivity contribution is 0.421. The maximum atomic E-state index is 5.61. The first-order valence-corrected chi connectivity index (χ1v) is 7.92. The van der Waals surface area contributed by atoms with E-state index in [9.17, 15) is 0 Å². The Morgan fingerprint density at radius 1 is 0.944 bits per heavy atom. The molecule has 0 heterocycles. The van der Waals surface area contributed by atoms with E-state index in [-0.39, 0.29) is 0 Å². The molecule has 108 valence electrons. The van der Waals surface area contributed by atoms with Crippen LogP contribution in [0.4, 0.5) is 0 Å². The number of hydrazine groups is 1. The number of hydrogen-bond acceptors (Lipinski definition) is 2. The average Bonchev–Trinajstić information content (AvgIpc) is 2.40. The number of allylic oxidation sites excluding steroid dienone is 1. The Hall–Kier alpha value is -0.340. The highest BCUT2D eigenvalue weighted by molar-refractivity contribution is 4.67. The van der Waals surface area contributed by atoms with E-state index in [2.05, 4.69) is 18.9 Å². The van der Waals surface area contributed by atoms with Crippen LogP contribution in [0.2, 0.25) is 0 Å². The Balaban J connectivity index is 3.32. The van der Waals surface area contributed by atoms with Gasteiger partial charge >= 0.3 is 0 Å². The molecule has 0 saturated heterocycles. The predicted molar refractivity (Wildman–Crippen MR) is 82.4 cm³/mol. The number of nitrogens with two attached hydrogens (primary N) is 1. The fraction of sp³-hybridized carbons (Fsp3) is 0.875. The van der Waals surface area contributed by atoms with Crippen LogP contribution in [0.3, 0.4) is 0 Å². The maximum absolute atomic E-state index is 5.61. The number of rotatable bonds is 14. The van der Waals surface area contributed by atoms with Crippen molar-refractivity contribution in [2.24, 2.45) is 5.84 Å². The van der Waals surface area contributed by atoms with Crippen LogP contribution in [-0.4, -0.2) is 6.04 Å². The highest BCUT2D eigenvalue weighted by Crippen LogP contribution is 2.12. The topological polar surface area (TPSA) is 38.0 Å².